The van der Waals surface area contributed by atoms with Crippen molar-refractivity contribution in [1.29, 1.82) is 0 Å². The van der Waals surface area contributed by atoms with E-state index < -0.39 is 0 Å². The Morgan fingerprint density at radius 1 is 1.11 bits per heavy atom. The van der Waals surface area contributed by atoms with Gasteiger partial charge >= 0.3 is 0 Å². The van der Waals surface area contributed by atoms with E-state index in [1.54, 1.807) is 11.1 Å². The topological polar surface area (TPSA) is 4.93 Å². The number of fused-ring (bicyclic) bond motifs is 1. The molecule has 1 atom stereocenters. The zero-order valence-corrected chi connectivity index (χ0v) is 11.3. The van der Waals surface area contributed by atoms with Gasteiger partial charge in [-0.05, 0) is 54.0 Å². The molecule has 1 unspecified atom stereocenters. The summed E-state index contributed by atoms with van der Waals surface area (Å²) in [7, 11) is 0. The summed E-state index contributed by atoms with van der Waals surface area (Å²) in [6.45, 7) is 4.45. The van der Waals surface area contributed by atoms with Crippen LogP contribution in [0.1, 0.15) is 48.6 Å². The Labute approximate surface area is 109 Å². The molecule has 1 nitrogen and oxygen atoms in total. The first-order chi connectivity index (χ1) is 8.81. The van der Waals surface area contributed by atoms with Crippen molar-refractivity contribution in [2.75, 3.05) is 0 Å². The molecule has 1 heteroatoms. The first kappa shape index (κ1) is 11.6. The van der Waals surface area contributed by atoms with Gasteiger partial charge in [0, 0.05) is 12.4 Å². The normalized spacial score (nSPS) is 18.0. The first-order valence-electron chi connectivity index (χ1n) is 7.10. The van der Waals surface area contributed by atoms with Crippen molar-refractivity contribution in [3.8, 4) is 0 Å². The second-order valence-electron chi connectivity index (χ2n) is 5.26. The van der Waals surface area contributed by atoms with Gasteiger partial charge in [0.2, 0.25) is 0 Å². The molecule has 1 aliphatic rings. The third kappa shape index (κ3) is 1.88. The van der Waals surface area contributed by atoms with E-state index in [-0.39, 0.29) is 0 Å². The molecule has 0 saturated heterocycles. The zero-order valence-electron chi connectivity index (χ0n) is 11.3. The van der Waals surface area contributed by atoms with E-state index in [1.807, 2.05) is 0 Å². The zero-order chi connectivity index (χ0) is 12.5. The second kappa shape index (κ2) is 4.64. The van der Waals surface area contributed by atoms with E-state index in [4.69, 9.17) is 0 Å². The fourth-order valence-corrected chi connectivity index (χ4v) is 3.02. The van der Waals surface area contributed by atoms with Gasteiger partial charge in [0.25, 0.3) is 0 Å². The predicted molar refractivity (Wildman–Crippen MR) is 76.1 cm³/mol. The minimum atomic E-state index is 0.562. The van der Waals surface area contributed by atoms with E-state index in [0.717, 1.165) is 12.8 Å². The number of hydrogen-bond acceptors (Lipinski definition) is 0. The van der Waals surface area contributed by atoms with E-state index >= 15 is 0 Å². The first-order valence-corrected chi connectivity index (χ1v) is 7.10. The van der Waals surface area contributed by atoms with Crippen LogP contribution in [0.3, 0.4) is 0 Å². The summed E-state index contributed by atoms with van der Waals surface area (Å²) >= 11 is 0. The maximum atomic E-state index is 2.42. The maximum Gasteiger partial charge on any atom is 0.0586 e. The summed E-state index contributed by atoms with van der Waals surface area (Å²) in [5.41, 5.74) is 6.00. The maximum absolute atomic E-state index is 2.42. The van der Waals surface area contributed by atoms with Crippen molar-refractivity contribution in [1.82, 2.24) is 4.57 Å². The molecule has 94 valence electrons. The summed E-state index contributed by atoms with van der Waals surface area (Å²) in [5, 5.41) is 0. The van der Waals surface area contributed by atoms with Gasteiger partial charge in [0.15, 0.2) is 0 Å². The minimum Gasteiger partial charge on any atom is -0.347 e. The summed E-state index contributed by atoms with van der Waals surface area (Å²) in [4.78, 5) is 0. The van der Waals surface area contributed by atoms with E-state index in [9.17, 15) is 0 Å². The Balaban J connectivity index is 1.98. The van der Waals surface area contributed by atoms with Crippen LogP contribution in [-0.2, 0) is 19.3 Å². The van der Waals surface area contributed by atoms with Gasteiger partial charge in [-0.3, -0.25) is 0 Å². The Morgan fingerprint density at radius 2 is 1.94 bits per heavy atom. The van der Waals surface area contributed by atoms with Crippen molar-refractivity contribution < 1.29 is 0 Å². The molecule has 3 rings (SSSR count). The summed E-state index contributed by atoms with van der Waals surface area (Å²) in [6, 6.07) is 9.85. The lowest BCUT2D eigenvalue weighted by atomic mass is 10.0. The molecule has 18 heavy (non-hydrogen) atoms. The highest BCUT2D eigenvalue weighted by Crippen LogP contribution is 2.35. The van der Waals surface area contributed by atoms with Gasteiger partial charge in [0.1, 0.15) is 0 Å². The Morgan fingerprint density at radius 3 is 2.67 bits per heavy atom. The van der Waals surface area contributed by atoms with Crippen LogP contribution in [0.25, 0.3) is 0 Å². The molecule has 1 aromatic carbocycles. The molecule has 0 saturated carbocycles. The van der Waals surface area contributed by atoms with E-state index in [0.29, 0.717) is 6.04 Å². The van der Waals surface area contributed by atoms with Crippen LogP contribution >= 0.6 is 0 Å². The number of benzene rings is 1. The van der Waals surface area contributed by atoms with Crippen LogP contribution in [-0.4, -0.2) is 4.57 Å². The van der Waals surface area contributed by atoms with Gasteiger partial charge in [0.05, 0.1) is 6.04 Å². The fourth-order valence-electron chi connectivity index (χ4n) is 3.02. The molecule has 1 aliphatic carbocycles. The van der Waals surface area contributed by atoms with Crippen molar-refractivity contribution in [3.63, 3.8) is 0 Å². The van der Waals surface area contributed by atoms with Gasteiger partial charge in [-0.25, -0.2) is 0 Å². The molecule has 2 aromatic rings. The Hall–Kier alpha value is -1.50. The lowest BCUT2D eigenvalue weighted by Crippen LogP contribution is -2.05. The van der Waals surface area contributed by atoms with Crippen molar-refractivity contribution in [2.45, 2.75) is 45.6 Å². The Kier molecular flexibility index (Phi) is 2.99. The summed E-state index contributed by atoms with van der Waals surface area (Å²) < 4.78 is 2.41. The quantitative estimate of drug-likeness (QED) is 0.758. The molecule has 1 heterocycles. The highest BCUT2D eigenvalue weighted by atomic mass is 15.0. The van der Waals surface area contributed by atoms with Gasteiger partial charge < -0.3 is 4.57 Å². The summed E-state index contributed by atoms with van der Waals surface area (Å²) in [5.74, 6) is 0. The van der Waals surface area contributed by atoms with Crippen LogP contribution < -0.4 is 0 Å². The Bertz CT molecular complexity index is 550. The average Bonchev–Trinajstić information content (AvgIpc) is 3.03. The fraction of sp³-hybridized carbons (Fsp3) is 0.412. The molecule has 1 aromatic heterocycles. The number of aryl methyl sites for hydroxylation is 3. The third-order valence-corrected chi connectivity index (χ3v) is 4.21. The number of nitrogens with zero attached hydrogens (tertiary/aromatic N) is 1. The van der Waals surface area contributed by atoms with Gasteiger partial charge in [-0.15, -0.1) is 0 Å². The molecule has 0 N–H and O–H groups in total. The molecule has 0 bridgehead atoms. The van der Waals surface area contributed by atoms with Crippen LogP contribution in [0, 0.1) is 0 Å². The standard InChI is InChI=1S/C17H21N/c1-3-13-5-6-15-7-8-17(16(15)11-13)18-10-9-14(4-2)12-18/h5-6,9-12,17H,3-4,7-8H2,1-2H3. The molecule has 0 radical (unpaired) electrons. The van der Waals surface area contributed by atoms with Gasteiger partial charge in [-0.2, -0.15) is 0 Å². The van der Waals surface area contributed by atoms with Crippen molar-refractivity contribution in [3.05, 3.63) is 58.9 Å². The highest BCUT2D eigenvalue weighted by molar-refractivity contribution is 5.39. The molecule has 0 spiro atoms. The lowest BCUT2D eigenvalue weighted by molar-refractivity contribution is 0.581. The predicted octanol–water partition coefficient (Wildman–Crippen LogP) is 4.15. The smallest absolute Gasteiger partial charge is 0.0586 e. The van der Waals surface area contributed by atoms with Crippen molar-refractivity contribution >= 4 is 0 Å². The largest absolute Gasteiger partial charge is 0.347 e. The summed E-state index contributed by atoms with van der Waals surface area (Å²) in [6.07, 6.45) is 9.30. The molecular formula is C17H21N. The van der Waals surface area contributed by atoms with Crippen LogP contribution in [0.5, 0.6) is 0 Å². The molecule has 0 amide bonds. The van der Waals surface area contributed by atoms with E-state index in [2.05, 4.69) is 55.1 Å². The highest BCUT2D eigenvalue weighted by Gasteiger charge is 2.23. The number of rotatable bonds is 3. The van der Waals surface area contributed by atoms with Crippen molar-refractivity contribution in [2.24, 2.45) is 0 Å². The monoisotopic (exact) mass is 239 g/mol. The molecule has 0 aliphatic heterocycles. The van der Waals surface area contributed by atoms with Gasteiger partial charge in [-0.1, -0.05) is 32.0 Å². The van der Waals surface area contributed by atoms with Crippen LogP contribution in [0.2, 0.25) is 0 Å². The second-order valence-corrected chi connectivity index (χ2v) is 5.26. The SMILES string of the molecule is CCc1ccc2c(c1)C(n1ccc(CC)c1)CC2. The minimum absolute atomic E-state index is 0.562. The molecule has 0 fully saturated rings. The number of hydrogen-bond donors (Lipinski definition) is 0. The third-order valence-electron chi connectivity index (χ3n) is 4.21. The number of aromatic nitrogens is 1. The lowest BCUT2D eigenvalue weighted by Gasteiger charge is -2.15. The van der Waals surface area contributed by atoms with Crippen LogP contribution in [0.4, 0.5) is 0 Å². The molecular weight excluding hydrogens is 218 g/mol. The van der Waals surface area contributed by atoms with E-state index in [1.165, 1.54) is 24.0 Å². The van der Waals surface area contributed by atoms with Crippen LogP contribution in [0.15, 0.2) is 36.7 Å². The average molecular weight is 239 g/mol.